The molecule has 0 bridgehead atoms. The number of nitrogens with one attached hydrogen (secondary N) is 2. The van der Waals surface area contributed by atoms with Gasteiger partial charge in [0, 0.05) is 43.9 Å². The number of likely N-dealkylation sites (N-methyl/N-ethyl adjacent to an activating group) is 1. The summed E-state index contributed by atoms with van der Waals surface area (Å²) in [5.74, 6) is -0.119. The van der Waals surface area contributed by atoms with Crippen molar-refractivity contribution >= 4 is 17.6 Å². The van der Waals surface area contributed by atoms with Gasteiger partial charge in [-0.05, 0) is 89.9 Å². The summed E-state index contributed by atoms with van der Waals surface area (Å²) >= 11 is 0. The van der Waals surface area contributed by atoms with Gasteiger partial charge in [0.15, 0.2) is 0 Å². The summed E-state index contributed by atoms with van der Waals surface area (Å²) in [5, 5.41) is 15.7. The fourth-order valence-corrected chi connectivity index (χ4v) is 5.37. The Kier molecular flexibility index (Phi) is 13.7. The molecule has 0 aliphatic carbocycles. The van der Waals surface area contributed by atoms with Gasteiger partial charge >= 0.3 is 12.2 Å². The first kappa shape index (κ1) is 37.1. The Morgan fingerprint density at radius 1 is 1.11 bits per heavy atom. The van der Waals surface area contributed by atoms with E-state index in [1.54, 1.807) is 30.0 Å². The second-order valence-corrected chi connectivity index (χ2v) is 12.7. The lowest BCUT2D eigenvalue weighted by Gasteiger charge is -2.36. The van der Waals surface area contributed by atoms with Crippen molar-refractivity contribution in [1.29, 1.82) is 0 Å². The fraction of sp³-hybridized carbons (Fsp3) is 0.588. The second-order valence-electron chi connectivity index (χ2n) is 12.7. The van der Waals surface area contributed by atoms with Crippen molar-refractivity contribution in [1.82, 2.24) is 15.1 Å². The van der Waals surface area contributed by atoms with Gasteiger partial charge in [0.05, 0.1) is 36.0 Å². The van der Waals surface area contributed by atoms with Gasteiger partial charge in [-0.25, -0.2) is 4.79 Å². The van der Waals surface area contributed by atoms with Gasteiger partial charge in [0.25, 0.3) is 5.91 Å². The highest BCUT2D eigenvalue weighted by Gasteiger charge is 2.31. The molecule has 4 atom stereocenters. The summed E-state index contributed by atoms with van der Waals surface area (Å²) in [6.45, 7) is 10.8. The molecule has 2 aromatic rings. The monoisotopic (exact) mass is 650 g/mol. The van der Waals surface area contributed by atoms with Crippen molar-refractivity contribution in [3.05, 3.63) is 59.2 Å². The average molecular weight is 651 g/mol. The molecule has 1 heterocycles. The van der Waals surface area contributed by atoms with Crippen LogP contribution in [0.2, 0.25) is 0 Å². The van der Waals surface area contributed by atoms with E-state index in [2.05, 4.69) is 10.6 Å². The van der Waals surface area contributed by atoms with Gasteiger partial charge in [0.1, 0.15) is 5.75 Å². The van der Waals surface area contributed by atoms with E-state index in [0.29, 0.717) is 31.1 Å². The summed E-state index contributed by atoms with van der Waals surface area (Å²) in [4.78, 5) is 30.2. The lowest BCUT2D eigenvalue weighted by Crippen LogP contribution is -2.47. The number of hydrogen-bond donors (Lipinski definition) is 3. The normalized spacial score (nSPS) is 20.9. The number of nitrogens with zero attached hydrogens (tertiary/aromatic N) is 2. The molecule has 0 saturated carbocycles. The number of aliphatic hydroxyl groups excluding tert-OH is 1. The second kappa shape index (κ2) is 17.0. The zero-order valence-electron chi connectivity index (χ0n) is 27.7. The Labute approximate surface area is 270 Å². The molecule has 0 saturated heterocycles. The molecule has 256 valence electrons. The van der Waals surface area contributed by atoms with E-state index in [1.165, 1.54) is 12.1 Å². The van der Waals surface area contributed by atoms with Crippen LogP contribution in [0.15, 0.2) is 42.5 Å². The summed E-state index contributed by atoms with van der Waals surface area (Å²) in [6, 6.07) is 9.13. The number of anilines is 1. The van der Waals surface area contributed by atoms with E-state index < -0.39 is 23.8 Å². The van der Waals surface area contributed by atoms with Crippen LogP contribution in [0.5, 0.6) is 5.75 Å². The maximum absolute atomic E-state index is 14.2. The highest BCUT2D eigenvalue weighted by atomic mass is 19.4. The number of halogens is 3. The van der Waals surface area contributed by atoms with Gasteiger partial charge in [-0.2, -0.15) is 13.2 Å². The molecule has 3 amide bonds. The molecular formula is C34H49F3N4O5. The van der Waals surface area contributed by atoms with Crippen LogP contribution < -0.4 is 15.4 Å². The molecule has 12 heteroatoms. The number of carbonyl (C=O) groups is 2. The topological polar surface area (TPSA) is 103 Å². The number of amides is 3. The average Bonchev–Trinajstić information content (AvgIpc) is 2.98. The van der Waals surface area contributed by atoms with Gasteiger partial charge in [-0.1, -0.05) is 19.1 Å². The molecule has 0 radical (unpaired) electrons. The van der Waals surface area contributed by atoms with Crippen molar-refractivity contribution < 1.29 is 37.3 Å². The van der Waals surface area contributed by atoms with Gasteiger partial charge in [0.2, 0.25) is 0 Å². The number of benzene rings is 2. The maximum Gasteiger partial charge on any atom is 0.416 e. The van der Waals surface area contributed by atoms with Crippen LogP contribution in [-0.4, -0.2) is 84.5 Å². The van der Waals surface area contributed by atoms with Crippen LogP contribution in [0.25, 0.3) is 0 Å². The van der Waals surface area contributed by atoms with Gasteiger partial charge < -0.3 is 30.1 Å². The Bertz CT molecular complexity index is 1270. The van der Waals surface area contributed by atoms with Crippen LogP contribution in [0, 0.1) is 5.92 Å². The van der Waals surface area contributed by atoms with Crippen molar-refractivity contribution in [3.63, 3.8) is 0 Å². The molecule has 0 unspecified atom stereocenters. The number of hydrogen-bond acceptors (Lipinski definition) is 6. The molecule has 1 aliphatic rings. The van der Waals surface area contributed by atoms with E-state index in [4.69, 9.17) is 9.47 Å². The molecule has 0 aromatic heterocycles. The number of alkyl halides is 3. The smallest absolute Gasteiger partial charge is 0.416 e. The SMILES string of the molecule is CC(C)NC(=O)Nc1ccc2c(c1)C(=O)N([C@@H](C)CO)C[C@@H](C)[C@H](CN(C)Cc1ccc(C(F)(F)F)cc1)OCCCC[C@@H](C)O2. The first-order chi connectivity index (χ1) is 21.7. The van der Waals surface area contributed by atoms with Crippen LogP contribution in [0.1, 0.15) is 75.4 Å². The summed E-state index contributed by atoms with van der Waals surface area (Å²) in [6.07, 6.45) is -2.50. The highest BCUT2D eigenvalue weighted by molar-refractivity contribution is 5.99. The Morgan fingerprint density at radius 2 is 1.80 bits per heavy atom. The molecule has 3 N–H and O–H groups in total. The van der Waals surface area contributed by atoms with Crippen LogP contribution >= 0.6 is 0 Å². The van der Waals surface area contributed by atoms with E-state index >= 15 is 0 Å². The molecule has 3 rings (SSSR count). The molecule has 0 spiro atoms. The van der Waals surface area contributed by atoms with Crippen molar-refractivity contribution in [2.45, 2.75) is 90.9 Å². The number of carbonyl (C=O) groups excluding carboxylic acids is 2. The van der Waals surface area contributed by atoms with Crippen LogP contribution in [0.4, 0.5) is 23.7 Å². The Hall–Kier alpha value is -3.35. The minimum Gasteiger partial charge on any atom is -0.490 e. The number of ether oxygens (including phenoxy) is 2. The predicted octanol–water partition coefficient (Wildman–Crippen LogP) is 6.16. The molecule has 1 aliphatic heterocycles. The number of urea groups is 1. The minimum absolute atomic E-state index is 0.0744. The number of rotatable bonds is 8. The third-order valence-corrected chi connectivity index (χ3v) is 7.95. The number of fused-ring (bicyclic) bond motifs is 1. The molecule has 9 nitrogen and oxygen atoms in total. The fourth-order valence-electron chi connectivity index (χ4n) is 5.37. The molecule has 0 fully saturated rings. The van der Waals surface area contributed by atoms with E-state index in [-0.39, 0.29) is 48.8 Å². The lowest BCUT2D eigenvalue weighted by molar-refractivity contribution is -0.137. The predicted molar refractivity (Wildman–Crippen MR) is 172 cm³/mol. The lowest BCUT2D eigenvalue weighted by atomic mass is 10.0. The Balaban J connectivity index is 1.87. The van der Waals surface area contributed by atoms with E-state index in [1.807, 2.05) is 39.6 Å². The minimum atomic E-state index is -4.39. The maximum atomic E-state index is 14.2. The molecule has 2 aromatic carbocycles. The third kappa shape index (κ3) is 11.2. The van der Waals surface area contributed by atoms with Crippen LogP contribution in [0.3, 0.4) is 0 Å². The molecular weight excluding hydrogens is 601 g/mol. The third-order valence-electron chi connectivity index (χ3n) is 7.95. The first-order valence-electron chi connectivity index (χ1n) is 15.9. The first-order valence-corrected chi connectivity index (χ1v) is 15.9. The highest BCUT2D eigenvalue weighted by Crippen LogP contribution is 2.30. The Morgan fingerprint density at radius 3 is 2.43 bits per heavy atom. The molecule has 46 heavy (non-hydrogen) atoms. The van der Waals surface area contributed by atoms with E-state index in [9.17, 15) is 27.9 Å². The number of aliphatic hydroxyl groups is 1. The van der Waals surface area contributed by atoms with Crippen molar-refractivity contribution in [3.8, 4) is 5.75 Å². The van der Waals surface area contributed by atoms with Gasteiger partial charge in [-0.15, -0.1) is 0 Å². The zero-order valence-corrected chi connectivity index (χ0v) is 27.7. The largest absolute Gasteiger partial charge is 0.490 e. The van der Waals surface area contributed by atoms with Gasteiger partial charge in [-0.3, -0.25) is 9.69 Å². The summed E-state index contributed by atoms with van der Waals surface area (Å²) < 4.78 is 51.7. The zero-order chi connectivity index (χ0) is 34.0. The summed E-state index contributed by atoms with van der Waals surface area (Å²) in [5.41, 5.74) is 0.758. The van der Waals surface area contributed by atoms with Crippen LogP contribution in [-0.2, 0) is 17.5 Å². The van der Waals surface area contributed by atoms with Crippen molar-refractivity contribution in [2.24, 2.45) is 5.92 Å². The van der Waals surface area contributed by atoms with E-state index in [0.717, 1.165) is 37.0 Å². The standard InChI is InChI=1S/C34H49F3N4O5/c1-22(2)38-33(44)39-28-14-15-30-29(17-28)32(43)41(24(4)21-42)18-23(3)31(45-16-8-7-9-25(5)46-30)20-40(6)19-26-10-12-27(13-11-26)34(35,36)37/h10-15,17,22-25,31,42H,7-9,16,18-21H2,1-6H3,(H2,38,39,44)/t23-,24+,25-,31+/m1/s1. The summed E-state index contributed by atoms with van der Waals surface area (Å²) in [7, 11) is 1.89. The van der Waals surface area contributed by atoms with Crippen molar-refractivity contribution in [2.75, 3.05) is 38.7 Å². The quantitative estimate of drug-likeness (QED) is 0.316.